The molecule has 0 aliphatic carbocycles. The SMILES string of the molecule is CCCOc1ccc(CCc2ccc(CCC)cc2)c(C)c1C. The van der Waals surface area contributed by atoms with Gasteiger partial charge in [-0.05, 0) is 73.4 Å². The third-order valence-electron chi connectivity index (χ3n) is 4.56. The summed E-state index contributed by atoms with van der Waals surface area (Å²) < 4.78 is 5.82. The van der Waals surface area contributed by atoms with Crippen LogP contribution in [0.25, 0.3) is 0 Å². The molecule has 1 nitrogen and oxygen atoms in total. The molecule has 2 aromatic rings. The Kier molecular flexibility index (Phi) is 6.70. The van der Waals surface area contributed by atoms with Gasteiger partial charge in [0.2, 0.25) is 0 Å². The molecule has 0 bridgehead atoms. The number of hydrogen-bond acceptors (Lipinski definition) is 1. The Bertz CT molecular complexity index is 611. The molecule has 124 valence electrons. The van der Waals surface area contributed by atoms with E-state index in [0.717, 1.165) is 31.6 Å². The maximum atomic E-state index is 5.82. The molecule has 0 aliphatic rings. The molecule has 0 N–H and O–H groups in total. The Labute approximate surface area is 141 Å². The fourth-order valence-corrected chi connectivity index (χ4v) is 2.93. The summed E-state index contributed by atoms with van der Waals surface area (Å²) in [6.07, 6.45) is 5.63. The molecule has 23 heavy (non-hydrogen) atoms. The van der Waals surface area contributed by atoms with Crippen molar-refractivity contribution in [2.24, 2.45) is 0 Å². The predicted octanol–water partition coefficient (Wildman–Crippen LogP) is 5.83. The van der Waals surface area contributed by atoms with Gasteiger partial charge < -0.3 is 4.74 Å². The van der Waals surface area contributed by atoms with Gasteiger partial charge in [-0.15, -0.1) is 0 Å². The Morgan fingerprint density at radius 3 is 1.96 bits per heavy atom. The molecule has 2 aromatic carbocycles. The second-order valence-corrected chi connectivity index (χ2v) is 6.39. The van der Waals surface area contributed by atoms with E-state index < -0.39 is 0 Å². The van der Waals surface area contributed by atoms with Crippen molar-refractivity contribution in [3.63, 3.8) is 0 Å². The molecule has 1 heteroatoms. The van der Waals surface area contributed by atoms with Crippen LogP contribution in [0.2, 0.25) is 0 Å². The van der Waals surface area contributed by atoms with E-state index in [1.54, 1.807) is 0 Å². The van der Waals surface area contributed by atoms with Gasteiger partial charge in [-0.1, -0.05) is 50.6 Å². The van der Waals surface area contributed by atoms with Gasteiger partial charge in [0.25, 0.3) is 0 Å². The van der Waals surface area contributed by atoms with Crippen LogP contribution >= 0.6 is 0 Å². The molecular weight excluding hydrogens is 280 g/mol. The molecule has 0 radical (unpaired) electrons. The zero-order valence-electron chi connectivity index (χ0n) is 15.1. The average molecular weight is 310 g/mol. The van der Waals surface area contributed by atoms with Gasteiger partial charge in [-0.3, -0.25) is 0 Å². The van der Waals surface area contributed by atoms with Crippen LogP contribution < -0.4 is 4.74 Å². The lowest BCUT2D eigenvalue weighted by molar-refractivity contribution is 0.315. The fourth-order valence-electron chi connectivity index (χ4n) is 2.93. The summed E-state index contributed by atoms with van der Waals surface area (Å²) in [5.74, 6) is 1.04. The van der Waals surface area contributed by atoms with Crippen LogP contribution in [0.15, 0.2) is 36.4 Å². The summed E-state index contributed by atoms with van der Waals surface area (Å²) in [5, 5.41) is 0. The predicted molar refractivity (Wildman–Crippen MR) is 99.5 cm³/mol. The second kappa shape index (κ2) is 8.76. The van der Waals surface area contributed by atoms with Crippen LogP contribution in [0.1, 0.15) is 54.5 Å². The number of hydrogen-bond donors (Lipinski definition) is 0. The lowest BCUT2D eigenvalue weighted by atomic mass is 9.96. The minimum absolute atomic E-state index is 0.795. The molecule has 0 saturated carbocycles. The molecule has 0 unspecified atom stereocenters. The van der Waals surface area contributed by atoms with Crippen LogP contribution in [-0.4, -0.2) is 6.61 Å². The van der Waals surface area contributed by atoms with Crippen molar-refractivity contribution < 1.29 is 4.74 Å². The van der Waals surface area contributed by atoms with Crippen LogP contribution in [0.4, 0.5) is 0 Å². The lowest BCUT2D eigenvalue weighted by Gasteiger charge is -2.14. The van der Waals surface area contributed by atoms with E-state index >= 15 is 0 Å². The minimum Gasteiger partial charge on any atom is -0.493 e. The van der Waals surface area contributed by atoms with E-state index in [4.69, 9.17) is 4.74 Å². The van der Waals surface area contributed by atoms with Gasteiger partial charge in [-0.25, -0.2) is 0 Å². The third kappa shape index (κ3) is 4.86. The highest BCUT2D eigenvalue weighted by Gasteiger charge is 2.07. The zero-order chi connectivity index (χ0) is 16.7. The molecule has 0 saturated heterocycles. The molecule has 0 aromatic heterocycles. The van der Waals surface area contributed by atoms with Crippen molar-refractivity contribution in [3.05, 3.63) is 64.2 Å². The van der Waals surface area contributed by atoms with E-state index in [1.807, 2.05) is 0 Å². The van der Waals surface area contributed by atoms with Gasteiger partial charge in [-0.2, -0.15) is 0 Å². The summed E-state index contributed by atoms with van der Waals surface area (Å²) in [5.41, 5.74) is 6.97. The average Bonchev–Trinajstić information content (AvgIpc) is 2.57. The van der Waals surface area contributed by atoms with Gasteiger partial charge in [0.15, 0.2) is 0 Å². The molecular formula is C22H30O. The molecule has 2 rings (SSSR count). The Morgan fingerprint density at radius 2 is 1.35 bits per heavy atom. The summed E-state index contributed by atoms with van der Waals surface area (Å²) in [6.45, 7) is 9.55. The maximum Gasteiger partial charge on any atom is 0.122 e. The van der Waals surface area contributed by atoms with Crippen LogP contribution in [0.3, 0.4) is 0 Å². The van der Waals surface area contributed by atoms with E-state index in [0.29, 0.717) is 0 Å². The van der Waals surface area contributed by atoms with Crippen molar-refractivity contribution in [2.45, 2.75) is 59.8 Å². The summed E-state index contributed by atoms with van der Waals surface area (Å²) in [6, 6.07) is 13.5. The topological polar surface area (TPSA) is 9.23 Å². The number of rotatable bonds is 8. The summed E-state index contributed by atoms with van der Waals surface area (Å²) in [4.78, 5) is 0. The first kappa shape index (κ1) is 17.6. The Balaban J connectivity index is 2.01. The van der Waals surface area contributed by atoms with Crippen molar-refractivity contribution in [2.75, 3.05) is 6.61 Å². The first-order chi connectivity index (χ1) is 11.2. The van der Waals surface area contributed by atoms with E-state index in [2.05, 4.69) is 64.1 Å². The standard InChI is InChI=1S/C22H30O/c1-5-7-19-8-10-20(11-9-19)12-13-21-14-15-22(23-16-6-2)18(4)17(21)3/h8-11,14-15H,5-7,12-13,16H2,1-4H3. The Hall–Kier alpha value is -1.76. The highest BCUT2D eigenvalue weighted by atomic mass is 16.5. The quantitative estimate of drug-likeness (QED) is 0.596. The third-order valence-corrected chi connectivity index (χ3v) is 4.56. The van der Waals surface area contributed by atoms with Gasteiger partial charge in [0, 0.05) is 0 Å². The smallest absolute Gasteiger partial charge is 0.122 e. The monoisotopic (exact) mass is 310 g/mol. The molecule has 0 atom stereocenters. The van der Waals surface area contributed by atoms with Gasteiger partial charge in [0.05, 0.1) is 6.61 Å². The van der Waals surface area contributed by atoms with Crippen molar-refractivity contribution in [1.29, 1.82) is 0 Å². The number of aryl methyl sites for hydroxylation is 3. The molecule has 0 amide bonds. The van der Waals surface area contributed by atoms with Crippen molar-refractivity contribution in [3.8, 4) is 5.75 Å². The Morgan fingerprint density at radius 1 is 0.696 bits per heavy atom. The lowest BCUT2D eigenvalue weighted by Crippen LogP contribution is -2.01. The van der Waals surface area contributed by atoms with Crippen LogP contribution in [-0.2, 0) is 19.3 Å². The first-order valence-electron chi connectivity index (χ1n) is 8.95. The van der Waals surface area contributed by atoms with Crippen LogP contribution in [0, 0.1) is 13.8 Å². The zero-order valence-corrected chi connectivity index (χ0v) is 15.1. The number of benzene rings is 2. The van der Waals surface area contributed by atoms with E-state index in [1.165, 1.54) is 40.7 Å². The summed E-state index contributed by atoms with van der Waals surface area (Å²) >= 11 is 0. The number of ether oxygens (including phenoxy) is 1. The highest BCUT2D eigenvalue weighted by molar-refractivity contribution is 5.44. The van der Waals surface area contributed by atoms with Gasteiger partial charge in [0.1, 0.15) is 5.75 Å². The van der Waals surface area contributed by atoms with Crippen LogP contribution in [0.5, 0.6) is 5.75 Å². The van der Waals surface area contributed by atoms with E-state index in [9.17, 15) is 0 Å². The first-order valence-corrected chi connectivity index (χ1v) is 8.95. The summed E-state index contributed by atoms with van der Waals surface area (Å²) in [7, 11) is 0. The van der Waals surface area contributed by atoms with Gasteiger partial charge >= 0.3 is 0 Å². The largest absolute Gasteiger partial charge is 0.493 e. The van der Waals surface area contributed by atoms with E-state index in [-0.39, 0.29) is 0 Å². The minimum atomic E-state index is 0.795. The highest BCUT2D eigenvalue weighted by Crippen LogP contribution is 2.25. The molecule has 0 fully saturated rings. The molecule has 0 spiro atoms. The second-order valence-electron chi connectivity index (χ2n) is 6.39. The normalized spacial score (nSPS) is 10.8. The fraction of sp³-hybridized carbons (Fsp3) is 0.455. The van der Waals surface area contributed by atoms with Crippen molar-refractivity contribution >= 4 is 0 Å². The maximum absolute atomic E-state index is 5.82. The van der Waals surface area contributed by atoms with Crippen molar-refractivity contribution in [1.82, 2.24) is 0 Å². The molecule has 0 heterocycles. The molecule has 0 aliphatic heterocycles.